The number of benzene rings is 2. The van der Waals surface area contributed by atoms with Gasteiger partial charge in [0.15, 0.2) is 11.5 Å². The lowest BCUT2D eigenvalue weighted by Gasteiger charge is -2.15. The Labute approximate surface area is 180 Å². The van der Waals surface area contributed by atoms with E-state index in [0.29, 0.717) is 22.6 Å². The zero-order chi connectivity index (χ0) is 22.0. The number of rotatable bonds is 6. The summed E-state index contributed by atoms with van der Waals surface area (Å²) in [6, 6.07) is 19.1. The fraction of sp³-hybridized carbons (Fsp3) is 0.136. The maximum absolute atomic E-state index is 12.9. The first-order valence-corrected chi connectivity index (χ1v) is 11.1. The third-order valence-corrected chi connectivity index (χ3v) is 6.39. The fourth-order valence-corrected chi connectivity index (χ4v) is 4.03. The van der Waals surface area contributed by atoms with E-state index in [1.807, 2.05) is 30.3 Å². The largest absolute Gasteiger partial charge is 0.345 e. The first kappa shape index (κ1) is 20.7. The van der Waals surface area contributed by atoms with Gasteiger partial charge in [-0.1, -0.05) is 42.5 Å². The highest BCUT2D eigenvalue weighted by molar-refractivity contribution is 7.89. The third kappa shape index (κ3) is 4.18. The summed E-state index contributed by atoms with van der Waals surface area (Å²) in [5, 5.41) is 11.3. The number of nitrogens with one attached hydrogen (secondary N) is 2. The Morgan fingerprint density at radius 1 is 1.00 bits per heavy atom. The molecular formula is C22H21N5O3S. The maximum atomic E-state index is 12.9. The Kier molecular flexibility index (Phi) is 5.53. The molecule has 4 rings (SSSR count). The molecule has 0 aliphatic heterocycles. The van der Waals surface area contributed by atoms with Crippen molar-refractivity contribution in [1.82, 2.24) is 24.6 Å². The highest BCUT2D eigenvalue weighted by Crippen LogP contribution is 2.20. The first-order chi connectivity index (χ1) is 14.9. The lowest BCUT2D eigenvalue weighted by molar-refractivity contribution is 0.0939. The van der Waals surface area contributed by atoms with Gasteiger partial charge in [0.2, 0.25) is 10.0 Å². The molecule has 0 spiro atoms. The summed E-state index contributed by atoms with van der Waals surface area (Å²) in [4.78, 5) is 13.0. The van der Waals surface area contributed by atoms with Gasteiger partial charge >= 0.3 is 0 Å². The van der Waals surface area contributed by atoms with Crippen molar-refractivity contribution in [3.8, 4) is 11.4 Å². The topological polar surface area (TPSA) is 105 Å². The number of pyridine rings is 1. The minimum absolute atomic E-state index is 0.145. The lowest BCUT2D eigenvalue weighted by Crippen LogP contribution is -2.27. The molecule has 9 heteroatoms. The van der Waals surface area contributed by atoms with Crippen LogP contribution in [0.25, 0.3) is 17.0 Å². The van der Waals surface area contributed by atoms with Crippen LogP contribution < -0.4 is 10.0 Å². The number of sulfonamides is 1. The average Bonchev–Trinajstić information content (AvgIpc) is 3.23. The molecule has 0 aliphatic carbocycles. The van der Waals surface area contributed by atoms with Crippen molar-refractivity contribution in [1.29, 1.82) is 0 Å². The number of nitrogens with zero attached hydrogens (tertiary/aromatic N) is 3. The van der Waals surface area contributed by atoms with Gasteiger partial charge in [-0.05, 0) is 43.8 Å². The van der Waals surface area contributed by atoms with Crippen molar-refractivity contribution in [2.24, 2.45) is 0 Å². The maximum Gasteiger partial charge on any atom is 0.253 e. The van der Waals surface area contributed by atoms with Crippen LogP contribution in [0.15, 0.2) is 77.8 Å². The van der Waals surface area contributed by atoms with Crippen LogP contribution in [-0.2, 0) is 10.0 Å². The minimum atomic E-state index is -3.56. The summed E-state index contributed by atoms with van der Waals surface area (Å²) in [6.07, 6.45) is 1.70. The molecule has 31 heavy (non-hydrogen) atoms. The quantitative estimate of drug-likeness (QED) is 0.485. The number of aromatic nitrogens is 3. The molecule has 158 valence electrons. The molecule has 0 fully saturated rings. The predicted octanol–water partition coefficient (Wildman–Crippen LogP) is 2.80. The van der Waals surface area contributed by atoms with Gasteiger partial charge in [0.05, 0.1) is 16.5 Å². The van der Waals surface area contributed by atoms with Crippen LogP contribution in [0.5, 0.6) is 0 Å². The molecule has 1 unspecified atom stereocenters. The van der Waals surface area contributed by atoms with Crippen molar-refractivity contribution < 1.29 is 13.2 Å². The summed E-state index contributed by atoms with van der Waals surface area (Å²) in [5.74, 6) is 0.354. The van der Waals surface area contributed by atoms with Crippen LogP contribution in [0.1, 0.15) is 28.9 Å². The molecule has 0 saturated carbocycles. The Balaban J connectivity index is 1.60. The van der Waals surface area contributed by atoms with Crippen LogP contribution in [0, 0.1) is 0 Å². The molecule has 2 N–H and O–H groups in total. The number of hydrogen-bond donors (Lipinski definition) is 2. The zero-order valence-corrected chi connectivity index (χ0v) is 17.8. The second-order valence-electron chi connectivity index (χ2n) is 7.01. The van der Waals surface area contributed by atoms with Gasteiger partial charge in [0.25, 0.3) is 5.91 Å². The van der Waals surface area contributed by atoms with Crippen LogP contribution >= 0.6 is 0 Å². The van der Waals surface area contributed by atoms with Gasteiger partial charge < -0.3 is 5.32 Å². The first-order valence-electron chi connectivity index (χ1n) is 9.63. The molecule has 2 heterocycles. The van der Waals surface area contributed by atoms with Gasteiger partial charge in [-0.25, -0.2) is 13.1 Å². The molecule has 0 saturated heterocycles. The molecule has 0 radical (unpaired) electrons. The molecule has 0 bridgehead atoms. The number of amides is 1. The van der Waals surface area contributed by atoms with Crippen molar-refractivity contribution in [3.05, 3.63) is 84.1 Å². The minimum Gasteiger partial charge on any atom is -0.345 e. The summed E-state index contributed by atoms with van der Waals surface area (Å²) in [6.45, 7) is 1.80. The molecule has 1 amide bonds. The highest BCUT2D eigenvalue weighted by atomic mass is 32.2. The summed E-state index contributed by atoms with van der Waals surface area (Å²) >= 11 is 0. The predicted molar refractivity (Wildman–Crippen MR) is 117 cm³/mol. The van der Waals surface area contributed by atoms with Gasteiger partial charge in [-0.15, -0.1) is 10.2 Å². The molecule has 8 nitrogen and oxygen atoms in total. The fourth-order valence-electron chi connectivity index (χ4n) is 3.24. The Hall–Kier alpha value is -3.56. The number of fused-ring (bicyclic) bond motifs is 1. The van der Waals surface area contributed by atoms with Gasteiger partial charge in [-0.2, -0.15) is 0 Å². The van der Waals surface area contributed by atoms with E-state index < -0.39 is 16.1 Å². The zero-order valence-electron chi connectivity index (χ0n) is 17.0. The van der Waals surface area contributed by atoms with Crippen LogP contribution in [0.3, 0.4) is 0 Å². The van der Waals surface area contributed by atoms with E-state index in [9.17, 15) is 13.2 Å². The van der Waals surface area contributed by atoms with Gasteiger partial charge in [0, 0.05) is 11.8 Å². The number of hydrogen-bond acceptors (Lipinski definition) is 5. The number of carbonyl (C=O) groups excluding carboxylic acids is 1. The molecule has 0 aliphatic rings. The lowest BCUT2D eigenvalue weighted by atomic mass is 10.1. The Morgan fingerprint density at radius 2 is 1.77 bits per heavy atom. The summed E-state index contributed by atoms with van der Waals surface area (Å²) < 4.78 is 28.2. The van der Waals surface area contributed by atoms with E-state index in [2.05, 4.69) is 20.2 Å². The van der Waals surface area contributed by atoms with Crippen molar-refractivity contribution in [3.63, 3.8) is 0 Å². The Morgan fingerprint density at radius 3 is 2.52 bits per heavy atom. The second kappa shape index (κ2) is 8.29. The summed E-state index contributed by atoms with van der Waals surface area (Å²) in [5.41, 5.74) is 2.65. The Bertz CT molecular complexity index is 1350. The smallest absolute Gasteiger partial charge is 0.253 e. The van der Waals surface area contributed by atoms with E-state index in [1.54, 1.807) is 47.9 Å². The average molecular weight is 436 g/mol. The SMILES string of the molecule is CNS(=O)(=O)c1cccc(C(C)NC(=O)c2ccc3nnc(-c4ccccc4)n3c2)c1. The molecule has 2 aromatic heterocycles. The normalized spacial score (nSPS) is 12.6. The standard InChI is InChI=1S/C22H21N5O3S/c1-15(17-9-6-10-19(13-17)31(29,30)23-2)24-22(28)18-11-12-20-25-26-21(27(20)14-18)16-7-4-3-5-8-16/h3-15,23H,1-2H3,(H,24,28). The number of carbonyl (C=O) groups is 1. The van der Waals surface area contributed by atoms with Crippen LogP contribution in [0.4, 0.5) is 0 Å². The summed E-state index contributed by atoms with van der Waals surface area (Å²) in [7, 11) is -2.20. The monoisotopic (exact) mass is 435 g/mol. The van der Waals surface area contributed by atoms with E-state index in [1.165, 1.54) is 13.1 Å². The van der Waals surface area contributed by atoms with E-state index in [0.717, 1.165) is 5.56 Å². The molecule has 4 aromatic rings. The van der Waals surface area contributed by atoms with Crippen LogP contribution in [0.2, 0.25) is 0 Å². The molecule has 1 atom stereocenters. The highest BCUT2D eigenvalue weighted by Gasteiger charge is 2.17. The van der Waals surface area contributed by atoms with Crippen molar-refractivity contribution in [2.75, 3.05) is 7.05 Å². The van der Waals surface area contributed by atoms with Gasteiger partial charge in [0.1, 0.15) is 0 Å². The van der Waals surface area contributed by atoms with Gasteiger partial charge in [-0.3, -0.25) is 9.20 Å². The third-order valence-electron chi connectivity index (χ3n) is 4.98. The second-order valence-corrected chi connectivity index (χ2v) is 8.90. The van der Waals surface area contributed by atoms with E-state index in [4.69, 9.17) is 0 Å². The molecular weight excluding hydrogens is 414 g/mol. The molecule has 2 aromatic carbocycles. The van der Waals surface area contributed by atoms with Crippen molar-refractivity contribution >= 4 is 21.6 Å². The van der Waals surface area contributed by atoms with E-state index >= 15 is 0 Å². The van der Waals surface area contributed by atoms with Crippen LogP contribution in [-0.4, -0.2) is 36.0 Å². The van der Waals surface area contributed by atoms with E-state index in [-0.39, 0.29) is 10.8 Å². The van der Waals surface area contributed by atoms with Crippen molar-refractivity contribution in [2.45, 2.75) is 17.9 Å².